The molecule has 0 spiro atoms. The van der Waals surface area contributed by atoms with Gasteiger partial charge in [0.25, 0.3) is 0 Å². The Morgan fingerprint density at radius 1 is 0.675 bits per heavy atom. The molecule has 4 aromatic rings. The van der Waals surface area contributed by atoms with Crippen molar-refractivity contribution in [2.75, 3.05) is 6.61 Å². The molecule has 2 aliphatic heterocycles. The predicted octanol–water partition coefficient (Wildman–Crippen LogP) is 7.10. The molecular weight excluding hydrogens is 520 g/mol. The summed E-state index contributed by atoms with van der Waals surface area (Å²) < 4.78 is 32.9. The van der Waals surface area contributed by atoms with E-state index >= 15 is 0 Å². The SMILES string of the molecule is Cc1ccc(S[C@@H]2O[C@@H]3CO[C@H](c4ccccc4)O[C@@H]3[C@H](OCc3ccccc3)[C@H]2OCc2ccccc2)cc1. The van der Waals surface area contributed by atoms with Gasteiger partial charge < -0.3 is 23.7 Å². The molecule has 0 amide bonds. The van der Waals surface area contributed by atoms with Gasteiger partial charge in [0, 0.05) is 10.5 Å². The van der Waals surface area contributed by atoms with Crippen LogP contribution in [0, 0.1) is 6.92 Å². The third-order valence-electron chi connectivity index (χ3n) is 7.20. The van der Waals surface area contributed by atoms with Gasteiger partial charge in [0.05, 0.1) is 19.8 Å². The molecule has 2 saturated heterocycles. The lowest BCUT2D eigenvalue weighted by Gasteiger charge is -2.49. The third-order valence-corrected chi connectivity index (χ3v) is 8.36. The zero-order valence-corrected chi connectivity index (χ0v) is 23.3. The monoisotopic (exact) mass is 554 g/mol. The summed E-state index contributed by atoms with van der Waals surface area (Å²) in [4.78, 5) is 1.11. The van der Waals surface area contributed by atoms with Gasteiger partial charge in [0.15, 0.2) is 6.29 Å². The zero-order valence-electron chi connectivity index (χ0n) is 22.5. The second-order valence-electron chi connectivity index (χ2n) is 10.2. The fourth-order valence-electron chi connectivity index (χ4n) is 5.07. The molecule has 5 nitrogen and oxygen atoms in total. The lowest BCUT2D eigenvalue weighted by Crippen LogP contribution is -2.62. The first-order chi connectivity index (χ1) is 19.7. The van der Waals surface area contributed by atoms with Crippen LogP contribution in [0.25, 0.3) is 0 Å². The Labute approximate surface area is 240 Å². The second kappa shape index (κ2) is 13.1. The predicted molar refractivity (Wildman–Crippen MR) is 156 cm³/mol. The average molecular weight is 555 g/mol. The quantitative estimate of drug-likeness (QED) is 0.220. The van der Waals surface area contributed by atoms with Crippen molar-refractivity contribution >= 4 is 11.8 Å². The van der Waals surface area contributed by atoms with E-state index in [4.69, 9.17) is 23.7 Å². The normalized spacial score (nSPS) is 26.2. The minimum atomic E-state index is -0.495. The van der Waals surface area contributed by atoms with Crippen LogP contribution in [0.15, 0.2) is 120 Å². The van der Waals surface area contributed by atoms with Crippen LogP contribution in [0.4, 0.5) is 0 Å². The van der Waals surface area contributed by atoms with Crippen molar-refractivity contribution in [3.63, 3.8) is 0 Å². The van der Waals surface area contributed by atoms with E-state index in [2.05, 4.69) is 55.5 Å². The Kier molecular flexibility index (Phi) is 8.93. The Balaban J connectivity index is 1.30. The van der Waals surface area contributed by atoms with Gasteiger partial charge in [-0.1, -0.05) is 120 Å². The van der Waals surface area contributed by atoms with Crippen molar-refractivity contribution in [3.05, 3.63) is 138 Å². The van der Waals surface area contributed by atoms with Crippen LogP contribution >= 0.6 is 11.8 Å². The van der Waals surface area contributed by atoms with Gasteiger partial charge in [0.1, 0.15) is 29.9 Å². The van der Waals surface area contributed by atoms with E-state index in [1.54, 1.807) is 11.8 Å². The molecule has 0 bridgehead atoms. The topological polar surface area (TPSA) is 46.2 Å². The van der Waals surface area contributed by atoms with Gasteiger partial charge in [0.2, 0.25) is 0 Å². The summed E-state index contributed by atoms with van der Waals surface area (Å²) in [6.45, 7) is 3.39. The molecule has 2 heterocycles. The van der Waals surface area contributed by atoms with Crippen LogP contribution in [0.2, 0.25) is 0 Å². The highest BCUT2D eigenvalue weighted by molar-refractivity contribution is 7.99. The Bertz CT molecular complexity index is 1320. The Morgan fingerprint density at radius 2 is 1.25 bits per heavy atom. The number of fused-ring (bicyclic) bond motifs is 1. The van der Waals surface area contributed by atoms with Crippen LogP contribution in [-0.4, -0.2) is 36.5 Å². The molecule has 0 N–H and O–H groups in total. The van der Waals surface area contributed by atoms with Crippen molar-refractivity contribution in [1.82, 2.24) is 0 Å². The fraction of sp³-hybridized carbons (Fsp3) is 0.294. The molecule has 4 aromatic carbocycles. The highest BCUT2D eigenvalue weighted by Crippen LogP contribution is 2.41. The summed E-state index contributed by atoms with van der Waals surface area (Å²) in [5.41, 5.74) is 4.08. The molecule has 2 aliphatic rings. The highest BCUT2D eigenvalue weighted by atomic mass is 32.2. The minimum absolute atomic E-state index is 0.291. The molecular formula is C34H34O5S. The zero-order chi connectivity index (χ0) is 27.1. The van der Waals surface area contributed by atoms with Gasteiger partial charge >= 0.3 is 0 Å². The number of aryl methyl sites for hydroxylation is 1. The first kappa shape index (κ1) is 27.2. The number of benzene rings is 4. The molecule has 0 radical (unpaired) electrons. The maximum Gasteiger partial charge on any atom is 0.184 e. The van der Waals surface area contributed by atoms with E-state index < -0.39 is 6.29 Å². The maximum absolute atomic E-state index is 6.71. The molecule has 6 atom stereocenters. The number of thioether (sulfide) groups is 1. The third kappa shape index (κ3) is 6.66. The fourth-order valence-corrected chi connectivity index (χ4v) is 6.20. The number of hydrogen-bond donors (Lipinski definition) is 0. The molecule has 0 aromatic heterocycles. The van der Waals surface area contributed by atoms with E-state index in [0.717, 1.165) is 21.6 Å². The summed E-state index contributed by atoms with van der Waals surface area (Å²) >= 11 is 1.66. The molecule has 6 rings (SSSR count). The van der Waals surface area contributed by atoms with Crippen molar-refractivity contribution in [3.8, 4) is 0 Å². The van der Waals surface area contributed by atoms with Crippen molar-refractivity contribution < 1.29 is 23.7 Å². The van der Waals surface area contributed by atoms with Crippen molar-refractivity contribution in [2.45, 2.75) is 61.2 Å². The van der Waals surface area contributed by atoms with Gasteiger partial charge in [-0.15, -0.1) is 0 Å². The van der Waals surface area contributed by atoms with E-state index in [-0.39, 0.29) is 29.9 Å². The van der Waals surface area contributed by atoms with Crippen LogP contribution in [0.1, 0.15) is 28.5 Å². The molecule has 0 unspecified atom stereocenters. The first-order valence-electron chi connectivity index (χ1n) is 13.7. The van der Waals surface area contributed by atoms with Gasteiger partial charge in [-0.05, 0) is 30.2 Å². The maximum atomic E-state index is 6.71. The van der Waals surface area contributed by atoms with E-state index in [0.29, 0.717) is 19.8 Å². The van der Waals surface area contributed by atoms with Crippen LogP contribution in [0.5, 0.6) is 0 Å². The van der Waals surface area contributed by atoms with Crippen LogP contribution in [-0.2, 0) is 36.9 Å². The lowest BCUT2D eigenvalue weighted by molar-refractivity contribution is -0.329. The Morgan fingerprint density at radius 3 is 1.88 bits per heavy atom. The summed E-state index contributed by atoms with van der Waals surface area (Å²) in [7, 11) is 0. The molecule has 0 aliphatic carbocycles. The van der Waals surface area contributed by atoms with E-state index in [9.17, 15) is 0 Å². The molecule has 2 fully saturated rings. The smallest absolute Gasteiger partial charge is 0.184 e. The minimum Gasteiger partial charge on any atom is -0.368 e. The lowest BCUT2D eigenvalue weighted by atomic mass is 9.98. The standard InChI is InChI=1S/C34H34O5S/c1-24-17-19-28(20-18-24)40-34-32(36-22-26-13-7-3-8-14-26)31(35-21-25-11-5-2-6-12-25)30-29(38-34)23-37-33(39-30)27-15-9-4-10-16-27/h2-20,29-34H,21-23H2,1H3/t29-,30+,31+,32-,33+,34+/m1/s1. The summed E-state index contributed by atoms with van der Waals surface area (Å²) in [5.74, 6) is 0. The second-order valence-corrected chi connectivity index (χ2v) is 11.3. The van der Waals surface area contributed by atoms with Crippen molar-refractivity contribution in [1.29, 1.82) is 0 Å². The first-order valence-corrected chi connectivity index (χ1v) is 14.6. The van der Waals surface area contributed by atoms with Crippen molar-refractivity contribution in [2.24, 2.45) is 0 Å². The van der Waals surface area contributed by atoms with Gasteiger partial charge in [-0.3, -0.25) is 0 Å². The number of hydrogen-bond acceptors (Lipinski definition) is 6. The van der Waals surface area contributed by atoms with Crippen LogP contribution < -0.4 is 0 Å². The summed E-state index contributed by atoms with van der Waals surface area (Å²) in [5, 5.41) is 0. The molecule has 0 saturated carbocycles. The largest absolute Gasteiger partial charge is 0.368 e. The number of rotatable bonds is 9. The highest BCUT2D eigenvalue weighted by Gasteiger charge is 2.51. The van der Waals surface area contributed by atoms with E-state index in [1.807, 2.05) is 66.7 Å². The molecule has 40 heavy (non-hydrogen) atoms. The van der Waals surface area contributed by atoms with Crippen LogP contribution in [0.3, 0.4) is 0 Å². The molecule has 206 valence electrons. The molecule has 6 heteroatoms. The number of ether oxygens (including phenoxy) is 5. The Hall–Kier alpha value is -2.97. The van der Waals surface area contributed by atoms with Gasteiger partial charge in [-0.25, -0.2) is 0 Å². The summed E-state index contributed by atoms with van der Waals surface area (Å²) in [6.07, 6.45) is -1.91. The van der Waals surface area contributed by atoms with E-state index in [1.165, 1.54) is 5.56 Å². The summed E-state index contributed by atoms with van der Waals surface area (Å²) in [6, 6.07) is 39.0. The van der Waals surface area contributed by atoms with Gasteiger partial charge in [-0.2, -0.15) is 0 Å². The average Bonchev–Trinajstić information content (AvgIpc) is 3.01.